The number of nitrogens with zero attached hydrogens (tertiary/aromatic N) is 7. The van der Waals surface area contributed by atoms with Crippen LogP contribution in [0, 0.1) is 0 Å². The van der Waals surface area contributed by atoms with Crippen molar-refractivity contribution in [2.24, 2.45) is 0 Å². The number of hydrogen-bond donors (Lipinski definition) is 1. The number of carbonyl (C=O) groups is 1. The average molecular weight is 786 g/mol. The van der Waals surface area contributed by atoms with Crippen LogP contribution in [0.15, 0.2) is 133 Å². The Balaban J connectivity index is 1.20. The van der Waals surface area contributed by atoms with Gasteiger partial charge in [-0.05, 0) is 82.8 Å². The van der Waals surface area contributed by atoms with Gasteiger partial charge < -0.3 is 19.3 Å². The van der Waals surface area contributed by atoms with E-state index < -0.39 is 5.54 Å². The Morgan fingerprint density at radius 3 is 1.98 bits per heavy atom. The number of aliphatic hydroxyl groups is 1. The van der Waals surface area contributed by atoms with Crippen molar-refractivity contribution in [2.75, 3.05) is 18.1 Å². The van der Waals surface area contributed by atoms with Crippen molar-refractivity contribution >= 4 is 17.3 Å². The van der Waals surface area contributed by atoms with Crippen molar-refractivity contribution in [3.8, 4) is 0 Å². The number of fused-ring (bicyclic) bond motifs is 2. The van der Waals surface area contributed by atoms with Crippen LogP contribution < -0.4 is 4.90 Å². The van der Waals surface area contributed by atoms with Crippen LogP contribution in [0.5, 0.6) is 0 Å². The van der Waals surface area contributed by atoms with Crippen LogP contribution in [0.2, 0.25) is 0 Å². The van der Waals surface area contributed by atoms with Crippen molar-refractivity contribution in [1.82, 2.24) is 29.8 Å². The summed E-state index contributed by atoms with van der Waals surface area (Å²) in [6, 6.07) is 46.2. The lowest BCUT2D eigenvalue weighted by molar-refractivity contribution is 0.0491. The van der Waals surface area contributed by atoms with Crippen molar-refractivity contribution in [3.63, 3.8) is 0 Å². The highest BCUT2D eigenvalue weighted by atomic mass is 16.5. The maximum Gasteiger partial charge on any atom is 0.356 e. The Morgan fingerprint density at radius 2 is 1.37 bits per heavy atom. The number of rotatable bonds is 15. The summed E-state index contributed by atoms with van der Waals surface area (Å²) in [4.78, 5) is 22.6. The van der Waals surface area contributed by atoms with Crippen molar-refractivity contribution in [1.29, 1.82) is 0 Å². The maximum atomic E-state index is 13.6. The molecule has 7 aromatic rings. The molecule has 0 amide bonds. The predicted octanol–water partition coefficient (Wildman–Crippen LogP) is 8.81. The first-order valence-corrected chi connectivity index (χ1v) is 20.8. The summed E-state index contributed by atoms with van der Waals surface area (Å²) < 4.78 is 7.66. The predicted molar refractivity (Wildman–Crippen MR) is 230 cm³/mol. The van der Waals surface area contributed by atoms with Crippen LogP contribution in [0.25, 0.3) is 0 Å². The molecule has 3 heterocycles. The number of anilines is 2. The number of hydrogen-bond acceptors (Lipinski definition) is 8. The van der Waals surface area contributed by atoms with Gasteiger partial charge in [0.25, 0.3) is 0 Å². The fraction of sp³-hybridized carbons (Fsp3) is 0.286. The number of aromatic nitrogens is 6. The fourth-order valence-corrected chi connectivity index (χ4v) is 8.54. The second kappa shape index (κ2) is 17.6. The van der Waals surface area contributed by atoms with Crippen molar-refractivity contribution < 1.29 is 14.6 Å². The third-order valence-corrected chi connectivity index (χ3v) is 11.5. The Labute approximate surface area is 346 Å². The third-order valence-electron chi connectivity index (χ3n) is 11.5. The SMILES string of the molecule is CCCOC(=O)c1c(CC)nc(C(CC)CO)n1Cc1ccc2c(c1)CCc1ccccc1N2Cc1nnn(C(c2ccccc2)(c2ccccc2)c2ccccc2)n1. The van der Waals surface area contributed by atoms with Crippen molar-refractivity contribution in [2.45, 2.75) is 77.4 Å². The highest BCUT2D eigenvalue weighted by Gasteiger charge is 2.41. The molecule has 10 heteroatoms. The van der Waals surface area contributed by atoms with Gasteiger partial charge >= 0.3 is 5.97 Å². The zero-order valence-corrected chi connectivity index (χ0v) is 34.0. The van der Waals surface area contributed by atoms with Gasteiger partial charge in [0.15, 0.2) is 17.1 Å². The summed E-state index contributed by atoms with van der Waals surface area (Å²) >= 11 is 0. The second-order valence-electron chi connectivity index (χ2n) is 15.1. The number of carbonyl (C=O) groups excluding carboxylic acids is 1. The number of imidazole rings is 1. The van der Waals surface area contributed by atoms with Gasteiger partial charge in [0.1, 0.15) is 5.82 Å². The molecule has 0 spiro atoms. The number of esters is 1. The summed E-state index contributed by atoms with van der Waals surface area (Å²) in [7, 11) is 0. The van der Waals surface area contributed by atoms with E-state index in [4.69, 9.17) is 25.1 Å². The van der Waals surface area contributed by atoms with E-state index in [9.17, 15) is 9.90 Å². The van der Waals surface area contributed by atoms with Crippen LogP contribution in [-0.2, 0) is 42.6 Å². The molecule has 1 atom stereocenters. The number of ether oxygens (including phenoxy) is 1. The molecule has 5 aromatic carbocycles. The van der Waals surface area contributed by atoms with E-state index >= 15 is 0 Å². The van der Waals surface area contributed by atoms with Crippen LogP contribution in [0.1, 0.15) is 101 Å². The standard InChI is InChI=1S/C49H51N7O3/c1-4-30-59-48(58)46-42(6-3)50-47(36(5-2)34-57)55(46)32-35-26-29-44-38(31-35)28-27-37-18-16-17-25-43(37)54(44)33-45-51-53-56(52-45)49(39-19-10-7-11-20-39,40-21-12-8-13-22-40)41-23-14-9-15-24-41/h7-26,29,31,36,57H,4-6,27-28,30,32-34H2,1-3H3. The van der Waals surface area contributed by atoms with Gasteiger partial charge in [-0.25, -0.2) is 9.78 Å². The van der Waals surface area contributed by atoms with E-state index in [1.54, 1.807) is 4.80 Å². The average Bonchev–Trinajstić information content (AvgIpc) is 3.87. The lowest BCUT2D eigenvalue weighted by Gasteiger charge is -2.34. The van der Waals surface area contributed by atoms with Gasteiger partial charge in [-0.3, -0.25) is 0 Å². The largest absolute Gasteiger partial charge is 0.461 e. The van der Waals surface area contributed by atoms with Crippen LogP contribution in [-0.4, -0.2) is 54.0 Å². The van der Waals surface area contributed by atoms with E-state index in [2.05, 4.69) is 120 Å². The van der Waals surface area contributed by atoms with E-state index in [0.717, 1.165) is 52.9 Å². The van der Waals surface area contributed by atoms with E-state index in [1.165, 1.54) is 11.1 Å². The smallest absolute Gasteiger partial charge is 0.356 e. The number of aryl methyl sites for hydroxylation is 3. The minimum atomic E-state index is -0.878. The lowest BCUT2D eigenvalue weighted by Crippen LogP contribution is -2.39. The maximum absolute atomic E-state index is 13.6. The zero-order chi connectivity index (χ0) is 40.8. The lowest BCUT2D eigenvalue weighted by atomic mass is 9.77. The first kappa shape index (κ1) is 39.4. The van der Waals surface area contributed by atoms with Crippen molar-refractivity contribution in [3.05, 3.63) is 190 Å². The number of tetrazole rings is 1. The van der Waals surface area contributed by atoms with E-state index in [-0.39, 0.29) is 18.5 Å². The molecule has 0 bridgehead atoms. The highest BCUT2D eigenvalue weighted by Crippen LogP contribution is 2.41. The Kier molecular flexibility index (Phi) is 11.8. The Bertz CT molecular complexity index is 2400. The van der Waals surface area contributed by atoms with Crippen LogP contribution in [0.4, 0.5) is 11.4 Å². The monoisotopic (exact) mass is 785 g/mol. The van der Waals surface area contributed by atoms with Gasteiger partial charge in [0.2, 0.25) is 0 Å². The molecular weight excluding hydrogens is 735 g/mol. The van der Waals surface area contributed by atoms with Gasteiger partial charge in [-0.1, -0.05) is 142 Å². The molecule has 0 fully saturated rings. The first-order valence-electron chi connectivity index (χ1n) is 20.8. The van der Waals surface area contributed by atoms with Gasteiger partial charge in [-0.15, -0.1) is 15.0 Å². The molecule has 0 aliphatic carbocycles. The van der Waals surface area contributed by atoms with Crippen LogP contribution >= 0.6 is 0 Å². The molecule has 1 aliphatic heterocycles. The van der Waals surface area contributed by atoms with E-state index in [1.807, 2.05) is 43.5 Å². The number of aliphatic hydroxyl groups excluding tert-OH is 1. The molecule has 1 unspecified atom stereocenters. The summed E-state index contributed by atoms with van der Waals surface area (Å²) in [5.41, 5.74) is 9.00. The molecule has 2 aromatic heterocycles. The zero-order valence-electron chi connectivity index (χ0n) is 34.0. The molecule has 0 radical (unpaired) electrons. The number of benzene rings is 5. The Morgan fingerprint density at radius 1 is 0.763 bits per heavy atom. The quantitative estimate of drug-likeness (QED) is 0.0812. The van der Waals surface area contributed by atoms with Crippen LogP contribution in [0.3, 0.4) is 0 Å². The topological polar surface area (TPSA) is 111 Å². The summed E-state index contributed by atoms with van der Waals surface area (Å²) in [5, 5.41) is 25.2. The summed E-state index contributed by atoms with van der Waals surface area (Å²) in [6.45, 7) is 7.12. The first-order chi connectivity index (χ1) is 29.0. The normalized spacial score (nSPS) is 13.1. The summed E-state index contributed by atoms with van der Waals surface area (Å²) in [5.74, 6) is 0.724. The van der Waals surface area contributed by atoms with E-state index in [0.29, 0.717) is 55.6 Å². The number of para-hydroxylation sites is 1. The molecule has 59 heavy (non-hydrogen) atoms. The molecule has 1 N–H and O–H groups in total. The second-order valence-corrected chi connectivity index (χ2v) is 15.1. The molecule has 10 nitrogen and oxygen atoms in total. The minimum absolute atomic E-state index is 0.0562. The molecule has 0 saturated heterocycles. The minimum Gasteiger partial charge on any atom is -0.461 e. The molecule has 300 valence electrons. The molecular formula is C49H51N7O3. The Hall–Kier alpha value is -6.39. The fourth-order valence-electron chi connectivity index (χ4n) is 8.54. The van der Waals surface area contributed by atoms with Gasteiger partial charge in [-0.2, -0.15) is 0 Å². The third kappa shape index (κ3) is 7.56. The van der Waals surface area contributed by atoms with Gasteiger partial charge in [0.05, 0.1) is 25.5 Å². The summed E-state index contributed by atoms with van der Waals surface area (Å²) in [6.07, 6.45) is 3.69. The molecule has 8 rings (SSSR count). The van der Waals surface area contributed by atoms with Gasteiger partial charge in [0, 0.05) is 23.8 Å². The highest BCUT2D eigenvalue weighted by molar-refractivity contribution is 5.89. The molecule has 1 aliphatic rings. The molecule has 0 saturated carbocycles.